The van der Waals surface area contributed by atoms with Crippen molar-refractivity contribution in [3.63, 3.8) is 0 Å². The van der Waals surface area contributed by atoms with Gasteiger partial charge >= 0.3 is 0 Å². The third-order valence-electron chi connectivity index (χ3n) is 6.67. The molecular weight excluding hydrogens is 494 g/mol. The van der Waals surface area contributed by atoms with E-state index in [1.165, 1.54) is 26.9 Å². The Morgan fingerprint density at radius 2 is 1.57 bits per heavy atom. The van der Waals surface area contributed by atoms with Crippen LogP contribution >= 0.6 is 0 Å². The van der Waals surface area contributed by atoms with Crippen LogP contribution in [0.5, 0.6) is 17.2 Å². The second-order valence-corrected chi connectivity index (χ2v) is 10.4. The molecule has 1 saturated heterocycles. The first-order valence-electron chi connectivity index (χ1n) is 12.0. The van der Waals surface area contributed by atoms with Crippen molar-refractivity contribution in [2.24, 2.45) is 0 Å². The summed E-state index contributed by atoms with van der Waals surface area (Å²) >= 11 is 0. The van der Waals surface area contributed by atoms with Crippen molar-refractivity contribution >= 4 is 26.8 Å². The maximum absolute atomic E-state index is 13.4. The molecule has 0 saturated carbocycles. The van der Waals surface area contributed by atoms with Gasteiger partial charge in [-0.1, -0.05) is 35.5 Å². The minimum absolute atomic E-state index is 0.00909. The summed E-state index contributed by atoms with van der Waals surface area (Å²) < 4.78 is 51.0. The molecule has 5 rings (SSSR count). The monoisotopic (exact) mass is 523 g/mol. The molecule has 37 heavy (non-hydrogen) atoms. The summed E-state index contributed by atoms with van der Waals surface area (Å²) in [6, 6.07) is 16.9. The van der Waals surface area contributed by atoms with Gasteiger partial charge < -0.3 is 24.1 Å². The van der Waals surface area contributed by atoms with Crippen molar-refractivity contribution in [3.05, 3.63) is 60.2 Å². The fraction of sp³-hybridized carbons (Fsp3) is 0.296. The standard InChI is InChI=1S/C27H29N3O6S/c1-33-21-8-5-9-22(34-2)26(21)37(31,32)30-27-25-23(35-3)15-20(16-24(25)36-29-27)19-7-4-6-18(14-19)17-10-12-28-13-11-17/h4-9,14-17,28H,10-13H2,1-3H3,(H,29,30). The van der Waals surface area contributed by atoms with Crippen LogP contribution in [0.4, 0.5) is 5.82 Å². The Kier molecular flexibility index (Phi) is 6.94. The molecule has 0 amide bonds. The summed E-state index contributed by atoms with van der Waals surface area (Å²) in [7, 11) is 0.163. The van der Waals surface area contributed by atoms with Gasteiger partial charge in [0.1, 0.15) is 22.6 Å². The Balaban J connectivity index is 1.53. The maximum Gasteiger partial charge on any atom is 0.270 e. The normalized spacial score (nSPS) is 14.5. The van der Waals surface area contributed by atoms with Gasteiger partial charge in [0.15, 0.2) is 16.3 Å². The molecule has 1 fully saturated rings. The Bertz CT molecular complexity index is 1500. The molecule has 9 nitrogen and oxygen atoms in total. The van der Waals surface area contributed by atoms with E-state index in [0.717, 1.165) is 37.1 Å². The molecule has 2 heterocycles. The van der Waals surface area contributed by atoms with Crippen LogP contribution in [0, 0.1) is 0 Å². The number of anilines is 1. The lowest BCUT2D eigenvalue weighted by Crippen LogP contribution is -2.26. The van der Waals surface area contributed by atoms with Crippen molar-refractivity contribution in [1.29, 1.82) is 0 Å². The second kappa shape index (κ2) is 10.3. The number of benzene rings is 3. The summed E-state index contributed by atoms with van der Waals surface area (Å²) in [6.07, 6.45) is 2.21. The van der Waals surface area contributed by atoms with Gasteiger partial charge in [-0.15, -0.1) is 0 Å². The first-order valence-corrected chi connectivity index (χ1v) is 13.5. The third-order valence-corrected chi connectivity index (χ3v) is 8.07. The van der Waals surface area contributed by atoms with Gasteiger partial charge in [0.05, 0.1) is 21.3 Å². The molecule has 3 aromatic carbocycles. The first-order chi connectivity index (χ1) is 17.9. The third kappa shape index (κ3) is 4.82. The Morgan fingerprint density at radius 3 is 2.24 bits per heavy atom. The molecule has 0 atom stereocenters. The lowest BCUT2D eigenvalue weighted by molar-refractivity contribution is 0.373. The smallest absolute Gasteiger partial charge is 0.270 e. The molecule has 0 radical (unpaired) electrons. The number of fused-ring (bicyclic) bond motifs is 1. The van der Waals surface area contributed by atoms with E-state index in [1.54, 1.807) is 18.2 Å². The van der Waals surface area contributed by atoms with Crippen LogP contribution in [0.1, 0.15) is 24.3 Å². The maximum atomic E-state index is 13.4. The van der Waals surface area contributed by atoms with E-state index in [0.29, 0.717) is 22.6 Å². The van der Waals surface area contributed by atoms with E-state index in [2.05, 4.69) is 33.4 Å². The number of aromatic nitrogens is 1. The van der Waals surface area contributed by atoms with Crippen LogP contribution in [0.3, 0.4) is 0 Å². The van der Waals surface area contributed by atoms with Crippen molar-refractivity contribution in [1.82, 2.24) is 10.5 Å². The molecule has 0 bridgehead atoms. The number of ether oxygens (including phenoxy) is 3. The van der Waals surface area contributed by atoms with Crippen LogP contribution in [0.2, 0.25) is 0 Å². The predicted octanol–water partition coefficient (Wildman–Crippen LogP) is 4.79. The molecule has 0 unspecified atom stereocenters. The summed E-state index contributed by atoms with van der Waals surface area (Å²) in [5, 5.41) is 7.84. The summed E-state index contributed by atoms with van der Waals surface area (Å²) in [5.41, 5.74) is 3.60. The molecule has 10 heteroatoms. The zero-order valence-electron chi connectivity index (χ0n) is 20.9. The lowest BCUT2D eigenvalue weighted by Gasteiger charge is -2.23. The fourth-order valence-electron chi connectivity index (χ4n) is 4.82. The number of piperidine rings is 1. The number of hydrogen-bond acceptors (Lipinski definition) is 8. The van der Waals surface area contributed by atoms with E-state index in [9.17, 15) is 8.42 Å². The summed E-state index contributed by atoms with van der Waals surface area (Å²) in [4.78, 5) is -0.138. The lowest BCUT2D eigenvalue weighted by atomic mass is 9.88. The number of nitrogens with zero attached hydrogens (tertiary/aromatic N) is 1. The number of rotatable bonds is 8. The van der Waals surface area contributed by atoms with Gasteiger partial charge in [0.2, 0.25) is 0 Å². The van der Waals surface area contributed by atoms with Crippen molar-refractivity contribution in [3.8, 4) is 28.4 Å². The molecule has 2 N–H and O–H groups in total. The average Bonchev–Trinajstić information content (AvgIpc) is 3.34. The predicted molar refractivity (Wildman–Crippen MR) is 141 cm³/mol. The second-order valence-electron chi connectivity index (χ2n) is 8.83. The Hall–Kier alpha value is -3.76. The number of nitrogens with one attached hydrogen (secondary N) is 2. The van der Waals surface area contributed by atoms with Gasteiger partial charge in [-0.2, -0.15) is 0 Å². The zero-order valence-corrected chi connectivity index (χ0v) is 21.7. The van der Waals surface area contributed by atoms with Gasteiger partial charge in [0.25, 0.3) is 10.0 Å². The van der Waals surface area contributed by atoms with Crippen molar-refractivity contribution in [2.75, 3.05) is 39.1 Å². The summed E-state index contributed by atoms with van der Waals surface area (Å²) in [5.74, 6) is 1.25. The first kappa shape index (κ1) is 24.9. The molecule has 0 spiro atoms. The van der Waals surface area contributed by atoms with Crippen LogP contribution < -0.4 is 24.2 Å². The molecule has 4 aromatic rings. The highest BCUT2D eigenvalue weighted by Gasteiger charge is 2.28. The molecule has 1 aromatic heterocycles. The van der Waals surface area contributed by atoms with E-state index in [-0.39, 0.29) is 22.2 Å². The largest absolute Gasteiger partial charge is 0.496 e. The average molecular weight is 524 g/mol. The van der Waals surface area contributed by atoms with E-state index < -0.39 is 10.0 Å². The highest BCUT2D eigenvalue weighted by atomic mass is 32.2. The Labute approximate surface area is 215 Å². The number of hydrogen-bond donors (Lipinski definition) is 2. The van der Waals surface area contributed by atoms with Crippen molar-refractivity contribution < 1.29 is 27.2 Å². The van der Waals surface area contributed by atoms with Crippen molar-refractivity contribution in [2.45, 2.75) is 23.7 Å². The van der Waals surface area contributed by atoms with Gasteiger partial charge in [-0.25, -0.2) is 8.42 Å². The van der Waals surface area contributed by atoms with E-state index in [1.807, 2.05) is 18.2 Å². The fourth-order valence-corrected chi connectivity index (χ4v) is 6.15. The molecule has 1 aliphatic rings. The topological polar surface area (TPSA) is 112 Å². The molecule has 1 aliphatic heterocycles. The summed E-state index contributed by atoms with van der Waals surface area (Å²) in [6.45, 7) is 2.04. The van der Waals surface area contributed by atoms with Gasteiger partial charge in [0, 0.05) is 0 Å². The SMILES string of the molecule is COc1cccc(OC)c1S(=O)(=O)Nc1noc2cc(-c3cccc(C4CCNCC4)c3)cc(OC)c12. The quantitative estimate of drug-likeness (QED) is 0.339. The highest BCUT2D eigenvalue weighted by molar-refractivity contribution is 7.93. The van der Waals surface area contributed by atoms with Crippen LogP contribution in [-0.2, 0) is 10.0 Å². The minimum atomic E-state index is -4.15. The van der Waals surface area contributed by atoms with Gasteiger partial charge in [-0.05, 0) is 72.8 Å². The van der Waals surface area contributed by atoms with Crippen LogP contribution in [0.15, 0.2) is 64.0 Å². The number of sulfonamides is 1. The van der Waals surface area contributed by atoms with E-state index in [4.69, 9.17) is 18.7 Å². The minimum Gasteiger partial charge on any atom is -0.496 e. The van der Waals surface area contributed by atoms with Crippen LogP contribution in [-0.4, -0.2) is 48.0 Å². The molecular formula is C27H29N3O6S. The molecule has 194 valence electrons. The van der Waals surface area contributed by atoms with Gasteiger partial charge in [-0.3, -0.25) is 4.72 Å². The number of methoxy groups -OCH3 is 3. The van der Waals surface area contributed by atoms with E-state index >= 15 is 0 Å². The molecule has 0 aliphatic carbocycles. The Morgan fingerprint density at radius 1 is 0.892 bits per heavy atom. The zero-order chi connectivity index (χ0) is 26.0. The highest BCUT2D eigenvalue weighted by Crippen LogP contribution is 2.40. The van der Waals surface area contributed by atoms with Crippen LogP contribution in [0.25, 0.3) is 22.1 Å².